The number of allylic oxidation sites excluding steroid dienone is 1. The van der Waals surface area contributed by atoms with Crippen molar-refractivity contribution in [1.82, 2.24) is 15.1 Å². The van der Waals surface area contributed by atoms with Gasteiger partial charge in [-0.2, -0.15) is 0 Å². The van der Waals surface area contributed by atoms with E-state index in [1.807, 2.05) is 26.8 Å². The minimum Gasteiger partial charge on any atom is -0.361 e. The minimum absolute atomic E-state index is 0.235. The minimum atomic E-state index is -0.364. The van der Waals surface area contributed by atoms with Crippen molar-refractivity contribution >= 4 is 30.0 Å². The molecule has 0 radical (unpaired) electrons. The third-order valence-corrected chi connectivity index (χ3v) is 5.25. The monoisotopic (exact) mass is 428 g/mol. The number of hydrogen-bond donors (Lipinski definition) is 1. The third kappa shape index (κ3) is 3.80. The van der Waals surface area contributed by atoms with Crippen LogP contribution in [-0.4, -0.2) is 27.6 Å². The lowest BCUT2D eigenvalue weighted by Crippen LogP contribution is -2.04. The highest BCUT2D eigenvalue weighted by atomic mass is 19.1. The van der Waals surface area contributed by atoms with Crippen molar-refractivity contribution in [2.24, 2.45) is 4.99 Å². The number of carbonyl (C=O) groups excluding carboxylic acids is 1. The first kappa shape index (κ1) is 21.1. The number of aryl methyl sites for hydroxylation is 2. The fourth-order valence-corrected chi connectivity index (χ4v) is 3.81. The van der Waals surface area contributed by atoms with Crippen molar-refractivity contribution in [3.63, 3.8) is 0 Å². The van der Waals surface area contributed by atoms with Crippen LogP contribution in [0.5, 0.6) is 0 Å². The number of pyridine rings is 1. The molecule has 32 heavy (non-hydrogen) atoms. The van der Waals surface area contributed by atoms with Gasteiger partial charge >= 0.3 is 0 Å². The topological polar surface area (TPSA) is 84.1 Å². The molecule has 3 aromatic heterocycles. The number of nitrogens with one attached hydrogen (secondary N) is 1. The van der Waals surface area contributed by atoms with Gasteiger partial charge in [-0.3, -0.25) is 9.78 Å². The average Bonchev–Trinajstić information content (AvgIpc) is 3.33. The molecule has 4 aromatic rings. The molecule has 7 heteroatoms. The van der Waals surface area contributed by atoms with Crippen molar-refractivity contribution in [3.8, 4) is 11.3 Å². The number of nitrogens with zero attached hydrogens (tertiary/aromatic N) is 3. The van der Waals surface area contributed by atoms with Gasteiger partial charge in [0.25, 0.3) is 0 Å². The molecule has 0 unspecified atom stereocenters. The number of aromatic nitrogens is 3. The van der Waals surface area contributed by atoms with Crippen LogP contribution in [0.1, 0.15) is 45.4 Å². The number of ketones is 1. The van der Waals surface area contributed by atoms with E-state index in [1.54, 1.807) is 30.5 Å². The van der Waals surface area contributed by atoms with Crippen LogP contribution in [0.25, 0.3) is 22.9 Å². The van der Waals surface area contributed by atoms with Crippen molar-refractivity contribution in [3.05, 3.63) is 88.3 Å². The summed E-state index contributed by atoms with van der Waals surface area (Å²) in [7, 11) is 0. The predicted molar refractivity (Wildman–Crippen MR) is 123 cm³/mol. The van der Waals surface area contributed by atoms with Crippen LogP contribution in [0.15, 0.2) is 58.3 Å². The summed E-state index contributed by atoms with van der Waals surface area (Å²) in [6.07, 6.45) is 4.98. The zero-order chi connectivity index (χ0) is 22.8. The molecule has 0 spiro atoms. The number of hydrogen-bond acceptors (Lipinski definition) is 5. The maximum Gasteiger partial charge on any atom is 0.197 e. The Balaban J connectivity index is 1.98. The van der Waals surface area contributed by atoms with Crippen LogP contribution in [0.2, 0.25) is 0 Å². The highest BCUT2D eigenvalue weighted by Gasteiger charge is 2.25. The van der Waals surface area contributed by atoms with E-state index in [4.69, 9.17) is 4.52 Å². The highest BCUT2D eigenvalue weighted by Crippen LogP contribution is 2.37. The average molecular weight is 428 g/mol. The lowest BCUT2D eigenvalue weighted by molar-refractivity contribution is 0.103. The van der Waals surface area contributed by atoms with Gasteiger partial charge < -0.3 is 9.51 Å². The second-order valence-electron chi connectivity index (χ2n) is 7.40. The van der Waals surface area contributed by atoms with E-state index < -0.39 is 0 Å². The summed E-state index contributed by atoms with van der Waals surface area (Å²) >= 11 is 0. The Morgan fingerprint density at radius 3 is 2.53 bits per heavy atom. The maximum absolute atomic E-state index is 13.6. The SMILES string of the molecule is C=Nc1[nH]c(-c2ccc(F)cc2)c(C(=O)c2cccnc2)c1/C=C(\C)c1c(C)noc1C. The van der Waals surface area contributed by atoms with Gasteiger partial charge in [-0.1, -0.05) is 5.16 Å². The Bertz CT molecular complexity index is 1310. The van der Waals surface area contributed by atoms with Gasteiger partial charge in [0.1, 0.15) is 17.4 Å². The van der Waals surface area contributed by atoms with Crippen LogP contribution in [0.3, 0.4) is 0 Å². The molecule has 0 aliphatic carbocycles. The summed E-state index contributed by atoms with van der Waals surface area (Å²) in [5.41, 5.74) is 5.05. The first-order valence-electron chi connectivity index (χ1n) is 9.95. The molecule has 0 saturated carbocycles. The molecule has 0 amide bonds. The fourth-order valence-electron chi connectivity index (χ4n) is 3.81. The van der Waals surface area contributed by atoms with Gasteiger partial charge in [0.15, 0.2) is 5.78 Å². The highest BCUT2D eigenvalue weighted by molar-refractivity contribution is 6.16. The Morgan fingerprint density at radius 1 is 1.19 bits per heavy atom. The van der Waals surface area contributed by atoms with E-state index in [0.29, 0.717) is 39.5 Å². The number of rotatable bonds is 6. The van der Waals surface area contributed by atoms with Crippen molar-refractivity contribution in [1.29, 1.82) is 0 Å². The first-order valence-corrected chi connectivity index (χ1v) is 9.95. The summed E-state index contributed by atoms with van der Waals surface area (Å²) in [6, 6.07) is 9.33. The second-order valence-corrected chi connectivity index (χ2v) is 7.40. The van der Waals surface area contributed by atoms with Crippen LogP contribution in [0, 0.1) is 19.7 Å². The van der Waals surface area contributed by atoms with Crippen LogP contribution in [0.4, 0.5) is 10.2 Å². The molecule has 0 saturated heterocycles. The van der Waals surface area contributed by atoms with Gasteiger partial charge in [0.05, 0.1) is 17.0 Å². The van der Waals surface area contributed by atoms with Crippen molar-refractivity contribution < 1.29 is 13.7 Å². The summed E-state index contributed by atoms with van der Waals surface area (Å²) < 4.78 is 18.8. The molecule has 0 atom stereocenters. The molecule has 1 aromatic carbocycles. The maximum atomic E-state index is 13.6. The molecule has 0 aliphatic heterocycles. The van der Waals surface area contributed by atoms with Gasteiger partial charge in [-0.15, -0.1) is 0 Å². The quantitative estimate of drug-likeness (QED) is 0.304. The molecule has 6 nitrogen and oxygen atoms in total. The Kier molecular flexibility index (Phi) is 5.64. The smallest absolute Gasteiger partial charge is 0.197 e. The molecular weight excluding hydrogens is 407 g/mol. The van der Waals surface area contributed by atoms with Crippen LogP contribution >= 0.6 is 0 Å². The molecule has 3 heterocycles. The first-order chi connectivity index (χ1) is 15.4. The Labute approximate surface area is 184 Å². The fraction of sp³-hybridized carbons (Fsp3) is 0.120. The molecule has 0 fully saturated rings. The zero-order valence-corrected chi connectivity index (χ0v) is 17.9. The van der Waals surface area contributed by atoms with E-state index in [2.05, 4.69) is 26.8 Å². The van der Waals surface area contributed by atoms with Crippen LogP contribution < -0.4 is 0 Å². The molecular formula is C25H21FN4O2. The lowest BCUT2D eigenvalue weighted by Gasteiger charge is -2.07. The number of carbonyl (C=O) groups is 1. The standard InChI is InChI=1S/C25H21FN4O2/c1-14(21-15(2)30-32-16(21)3)12-20-22(24(31)18-6-5-11-28-13-18)23(29-25(20)27-4)17-7-9-19(26)10-8-17/h5-13,29H,4H2,1-3H3/b14-12+. The number of aromatic amines is 1. The number of benzene rings is 1. The molecule has 0 aliphatic rings. The summed E-state index contributed by atoms with van der Waals surface area (Å²) in [4.78, 5) is 25.0. The van der Waals surface area contributed by atoms with Gasteiger partial charge in [0, 0.05) is 29.1 Å². The summed E-state index contributed by atoms with van der Waals surface area (Å²) in [6.45, 7) is 9.28. The van der Waals surface area contributed by atoms with Crippen molar-refractivity contribution in [2.45, 2.75) is 20.8 Å². The van der Waals surface area contributed by atoms with E-state index in [0.717, 1.165) is 16.8 Å². The number of H-pyrrole nitrogens is 1. The number of aliphatic imine (C=N–C) groups is 1. The third-order valence-electron chi connectivity index (χ3n) is 5.25. The molecule has 0 bridgehead atoms. The second kappa shape index (κ2) is 8.55. The largest absolute Gasteiger partial charge is 0.361 e. The Morgan fingerprint density at radius 2 is 1.94 bits per heavy atom. The van der Waals surface area contributed by atoms with Crippen LogP contribution in [-0.2, 0) is 0 Å². The lowest BCUT2D eigenvalue weighted by atomic mass is 9.95. The van der Waals surface area contributed by atoms with Gasteiger partial charge in [-0.25, -0.2) is 9.38 Å². The van der Waals surface area contributed by atoms with E-state index >= 15 is 0 Å². The van der Waals surface area contributed by atoms with E-state index in [9.17, 15) is 9.18 Å². The van der Waals surface area contributed by atoms with E-state index in [-0.39, 0.29) is 11.6 Å². The zero-order valence-electron chi connectivity index (χ0n) is 17.9. The molecule has 1 N–H and O–H groups in total. The predicted octanol–water partition coefficient (Wildman–Crippen LogP) is 5.94. The van der Waals surface area contributed by atoms with E-state index in [1.165, 1.54) is 18.3 Å². The molecule has 4 rings (SSSR count). The van der Waals surface area contributed by atoms with Crippen molar-refractivity contribution in [2.75, 3.05) is 0 Å². The Hall–Kier alpha value is -4.13. The molecule has 160 valence electrons. The number of halogens is 1. The normalized spacial score (nSPS) is 11.6. The van der Waals surface area contributed by atoms with Gasteiger partial charge in [-0.05, 0) is 81.1 Å². The summed E-state index contributed by atoms with van der Waals surface area (Å²) in [5.74, 6) is 0.514. The summed E-state index contributed by atoms with van der Waals surface area (Å²) in [5, 5.41) is 4.02. The van der Waals surface area contributed by atoms with Gasteiger partial charge in [0.2, 0.25) is 0 Å².